The first-order valence-electron chi connectivity index (χ1n) is 7.89. The zero-order valence-corrected chi connectivity index (χ0v) is 13.0. The molecule has 0 amide bonds. The fraction of sp³-hybridized carbons (Fsp3) is 0.368. The number of ether oxygens (including phenoxy) is 1. The van der Waals surface area contributed by atoms with E-state index in [0.29, 0.717) is 6.04 Å². The van der Waals surface area contributed by atoms with Gasteiger partial charge in [0, 0.05) is 6.04 Å². The van der Waals surface area contributed by atoms with Crippen LogP contribution in [0.15, 0.2) is 54.6 Å². The predicted molar refractivity (Wildman–Crippen MR) is 88.9 cm³/mol. The molecule has 2 aromatic rings. The first-order chi connectivity index (χ1) is 10.3. The Balaban J connectivity index is 2.02. The summed E-state index contributed by atoms with van der Waals surface area (Å²) in [6.07, 6.45) is 3.51. The quantitative estimate of drug-likeness (QED) is 0.708. The van der Waals surface area contributed by atoms with Crippen molar-refractivity contribution in [3.05, 3.63) is 60.2 Å². The van der Waals surface area contributed by atoms with Crippen LogP contribution < -0.4 is 10.1 Å². The Morgan fingerprint density at radius 3 is 2.14 bits per heavy atom. The summed E-state index contributed by atoms with van der Waals surface area (Å²) >= 11 is 0. The van der Waals surface area contributed by atoms with Gasteiger partial charge in [0.25, 0.3) is 0 Å². The molecule has 1 unspecified atom stereocenters. The number of hydrogen-bond acceptors (Lipinski definition) is 2. The first-order valence-corrected chi connectivity index (χ1v) is 7.89. The van der Waals surface area contributed by atoms with Crippen molar-refractivity contribution >= 4 is 0 Å². The van der Waals surface area contributed by atoms with Gasteiger partial charge in [0.1, 0.15) is 11.5 Å². The molecule has 0 aliphatic carbocycles. The second kappa shape index (κ2) is 8.48. The molecule has 0 fully saturated rings. The Labute approximate surface area is 128 Å². The SMILES string of the molecule is CCCNC(CCC)c1ccc(Oc2ccccc2)cc1. The van der Waals surface area contributed by atoms with Crippen LogP contribution in [0, 0.1) is 0 Å². The molecule has 0 aliphatic rings. The summed E-state index contributed by atoms with van der Waals surface area (Å²) in [6.45, 7) is 5.49. The van der Waals surface area contributed by atoms with Crippen LogP contribution in [0.25, 0.3) is 0 Å². The van der Waals surface area contributed by atoms with Crippen LogP contribution in [0.4, 0.5) is 0 Å². The summed E-state index contributed by atoms with van der Waals surface area (Å²) in [6, 6.07) is 18.8. The summed E-state index contributed by atoms with van der Waals surface area (Å²) in [5, 5.41) is 3.61. The summed E-state index contributed by atoms with van der Waals surface area (Å²) in [5.74, 6) is 1.76. The van der Waals surface area contributed by atoms with E-state index in [1.807, 2.05) is 30.3 Å². The van der Waals surface area contributed by atoms with E-state index < -0.39 is 0 Å². The molecule has 2 nitrogen and oxygen atoms in total. The average Bonchev–Trinajstić information content (AvgIpc) is 2.53. The van der Waals surface area contributed by atoms with E-state index in [4.69, 9.17) is 4.74 Å². The van der Waals surface area contributed by atoms with Crippen molar-refractivity contribution in [3.8, 4) is 11.5 Å². The van der Waals surface area contributed by atoms with Crippen molar-refractivity contribution in [1.29, 1.82) is 0 Å². The zero-order chi connectivity index (χ0) is 14.9. The smallest absolute Gasteiger partial charge is 0.127 e. The lowest BCUT2D eigenvalue weighted by Crippen LogP contribution is -2.21. The van der Waals surface area contributed by atoms with Gasteiger partial charge >= 0.3 is 0 Å². The maximum absolute atomic E-state index is 5.83. The van der Waals surface area contributed by atoms with E-state index in [9.17, 15) is 0 Å². The minimum absolute atomic E-state index is 0.445. The number of benzene rings is 2. The van der Waals surface area contributed by atoms with Crippen LogP contribution in [-0.4, -0.2) is 6.54 Å². The number of rotatable bonds is 8. The van der Waals surface area contributed by atoms with Crippen molar-refractivity contribution in [2.45, 2.75) is 39.2 Å². The third kappa shape index (κ3) is 4.91. The highest BCUT2D eigenvalue weighted by Crippen LogP contribution is 2.25. The molecule has 0 heterocycles. The molecule has 2 aromatic carbocycles. The largest absolute Gasteiger partial charge is 0.457 e. The normalized spacial score (nSPS) is 12.1. The highest BCUT2D eigenvalue weighted by molar-refractivity contribution is 5.33. The monoisotopic (exact) mass is 283 g/mol. The van der Waals surface area contributed by atoms with Crippen molar-refractivity contribution in [2.24, 2.45) is 0 Å². The molecule has 0 saturated heterocycles. The minimum Gasteiger partial charge on any atom is -0.457 e. The Morgan fingerprint density at radius 1 is 0.857 bits per heavy atom. The van der Waals surface area contributed by atoms with Crippen molar-refractivity contribution in [2.75, 3.05) is 6.54 Å². The molecule has 0 saturated carbocycles. The van der Waals surface area contributed by atoms with Crippen LogP contribution in [0.5, 0.6) is 11.5 Å². The molecule has 112 valence electrons. The van der Waals surface area contributed by atoms with E-state index in [-0.39, 0.29) is 0 Å². The summed E-state index contributed by atoms with van der Waals surface area (Å²) < 4.78 is 5.83. The van der Waals surface area contributed by atoms with Crippen LogP contribution >= 0.6 is 0 Å². The Morgan fingerprint density at radius 2 is 1.52 bits per heavy atom. The van der Waals surface area contributed by atoms with Crippen molar-refractivity contribution in [1.82, 2.24) is 5.32 Å². The van der Waals surface area contributed by atoms with Gasteiger partial charge in [-0.3, -0.25) is 0 Å². The fourth-order valence-electron chi connectivity index (χ4n) is 2.39. The van der Waals surface area contributed by atoms with E-state index >= 15 is 0 Å². The Bertz CT molecular complexity index is 507. The molecule has 0 bridgehead atoms. The van der Waals surface area contributed by atoms with E-state index in [1.54, 1.807) is 0 Å². The maximum Gasteiger partial charge on any atom is 0.127 e. The van der Waals surface area contributed by atoms with Crippen LogP contribution in [-0.2, 0) is 0 Å². The number of hydrogen-bond donors (Lipinski definition) is 1. The molecule has 21 heavy (non-hydrogen) atoms. The molecule has 0 spiro atoms. The lowest BCUT2D eigenvalue weighted by Gasteiger charge is -2.18. The molecular weight excluding hydrogens is 258 g/mol. The van der Waals surface area contributed by atoms with Gasteiger partial charge < -0.3 is 10.1 Å². The molecular formula is C19H25NO. The molecule has 0 radical (unpaired) electrons. The predicted octanol–water partition coefficient (Wildman–Crippen LogP) is 5.32. The van der Waals surface area contributed by atoms with Gasteiger partial charge in [-0.1, -0.05) is 50.6 Å². The van der Waals surface area contributed by atoms with Crippen molar-refractivity contribution in [3.63, 3.8) is 0 Å². The van der Waals surface area contributed by atoms with Gasteiger partial charge in [-0.25, -0.2) is 0 Å². The lowest BCUT2D eigenvalue weighted by atomic mass is 10.0. The van der Waals surface area contributed by atoms with Gasteiger partial charge in [-0.15, -0.1) is 0 Å². The van der Waals surface area contributed by atoms with Gasteiger partial charge in [0.05, 0.1) is 0 Å². The minimum atomic E-state index is 0.445. The molecule has 2 heteroatoms. The third-order valence-electron chi connectivity index (χ3n) is 3.48. The zero-order valence-electron chi connectivity index (χ0n) is 13.0. The molecule has 1 N–H and O–H groups in total. The van der Waals surface area contributed by atoms with Gasteiger partial charge in [0.15, 0.2) is 0 Å². The highest BCUT2D eigenvalue weighted by Gasteiger charge is 2.09. The Kier molecular flexibility index (Phi) is 6.29. The summed E-state index contributed by atoms with van der Waals surface area (Å²) in [5.41, 5.74) is 1.34. The maximum atomic E-state index is 5.83. The van der Waals surface area contributed by atoms with E-state index in [0.717, 1.165) is 24.5 Å². The molecule has 2 rings (SSSR count). The number of nitrogens with one attached hydrogen (secondary N) is 1. The van der Waals surface area contributed by atoms with Crippen LogP contribution in [0.1, 0.15) is 44.7 Å². The summed E-state index contributed by atoms with van der Waals surface area (Å²) in [4.78, 5) is 0. The standard InChI is InChI=1S/C19H25NO/c1-3-8-19(20-15-4-2)16-11-13-18(14-12-16)21-17-9-6-5-7-10-17/h5-7,9-14,19-20H,3-4,8,15H2,1-2H3. The molecule has 0 aromatic heterocycles. The second-order valence-corrected chi connectivity index (χ2v) is 5.28. The van der Waals surface area contributed by atoms with Gasteiger partial charge in [-0.05, 0) is 49.2 Å². The number of para-hydroxylation sites is 1. The van der Waals surface area contributed by atoms with E-state index in [1.165, 1.54) is 18.4 Å². The fourth-order valence-corrected chi connectivity index (χ4v) is 2.39. The lowest BCUT2D eigenvalue weighted by molar-refractivity contribution is 0.477. The van der Waals surface area contributed by atoms with E-state index in [2.05, 4.69) is 43.4 Å². The summed E-state index contributed by atoms with van der Waals surface area (Å²) in [7, 11) is 0. The van der Waals surface area contributed by atoms with Gasteiger partial charge in [0.2, 0.25) is 0 Å². The molecule has 0 aliphatic heterocycles. The average molecular weight is 283 g/mol. The first kappa shape index (κ1) is 15.6. The third-order valence-corrected chi connectivity index (χ3v) is 3.48. The topological polar surface area (TPSA) is 21.3 Å². The van der Waals surface area contributed by atoms with Crippen LogP contribution in [0.2, 0.25) is 0 Å². The van der Waals surface area contributed by atoms with Crippen LogP contribution in [0.3, 0.4) is 0 Å². The highest BCUT2D eigenvalue weighted by atomic mass is 16.5. The second-order valence-electron chi connectivity index (χ2n) is 5.28. The van der Waals surface area contributed by atoms with Crippen molar-refractivity contribution < 1.29 is 4.74 Å². The van der Waals surface area contributed by atoms with Gasteiger partial charge in [-0.2, -0.15) is 0 Å². The molecule has 1 atom stereocenters. The Hall–Kier alpha value is -1.80.